The number of benzene rings is 2. The average Bonchev–Trinajstić information content (AvgIpc) is 3.19. The zero-order chi connectivity index (χ0) is 19.8. The van der Waals surface area contributed by atoms with Crippen LogP contribution in [0, 0.1) is 0 Å². The van der Waals surface area contributed by atoms with Crippen LogP contribution in [0.4, 0.5) is 0 Å². The Kier molecular flexibility index (Phi) is 5.52. The molecule has 1 aliphatic heterocycles. The summed E-state index contributed by atoms with van der Waals surface area (Å²) in [4.78, 5) is 20.1. The number of rotatable bonds is 5. The van der Waals surface area contributed by atoms with Crippen LogP contribution in [0.5, 0.6) is 0 Å². The van der Waals surface area contributed by atoms with Crippen molar-refractivity contribution >= 4 is 34.2 Å². The van der Waals surface area contributed by atoms with Gasteiger partial charge in [-0.25, -0.2) is 4.79 Å². The third kappa shape index (κ3) is 3.85. The minimum absolute atomic E-state index is 0.202. The van der Waals surface area contributed by atoms with Crippen LogP contribution in [0.3, 0.4) is 0 Å². The van der Waals surface area contributed by atoms with E-state index in [1.807, 2.05) is 12.1 Å². The minimum Gasteiger partial charge on any atom is -0.308 e. The second kappa shape index (κ2) is 7.91. The van der Waals surface area contributed by atoms with E-state index in [-0.39, 0.29) is 5.69 Å². The largest absolute Gasteiger partial charge is 0.331 e. The van der Waals surface area contributed by atoms with Gasteiger partial charge in [-0.1, -0.05) is 35.3 Å². The number of hydrogen-bond donors (Lipinski definition) is 1. The molecule has 0 spiro atoms. The number of imidazole rings is 1. The molecule has 3 aromatic rings. The molecular formula is C21H24Cl2N4O. The topological polar surface area (TPSA) is 44.3 Å². The third-order valence-corrected chi connectivity index (χ3v) is 6.10. The number of aromatic amines is 1. The Morgan fingerprint density at radius 1 is 1.14 bits per heavy atom. The first-order valence-electron chi connectivity index (χ1n) is 9.50. The smallest absolute Gasteiger partial charge is 0.308 e. The van der Waals surface area contributed by atoms with Gasteiger partial charge in [-0.2, -0.15) is 0 Å². The lowest BCUT2D eigenvalue weighted by Crippen LogP contribution is -2.37. The Morgan fingerprint density at radius 2 is 1.86 bits per heavy atom. The summed E-state index contributed by atoms with van der Waals surface area (Å²) in [5.74, 6) is 0. The number of fused-ring (bicyclic) bond motifs is 1. The zero-order valence-corrected chi connectivity index (χ0v) is 17.6. The summed E-state index contributed by atoms with van der Waals surface area (Å²) >= 11 is 12.2. The van der Waals surface area contributed by atoms with Gasteiger partial charge < -0.3 is 9.88 Å². The maximum atomic E-state index is 12.5. The van der Waals surface area contributed by atoms with Crippen LogP contribution in [0.15, 0.2) is 41.2 Å². The Morgan fingerprint density at radius 3 is 2.57 bits per heavy atom. The van der Waals surface area contributed by atoms with E-state index in [1.54, 1.807) is 16.7 Å². The highest BCUT2D eigenvalue weighted by atomic mass is 35.5. The normalized spacial score (nSPS) is 17.8. The molecule has 28 heavy (non-hydrogen) atoms. The van der Waals surface area contributed by atoms with Crippen molar-refractivity contribution in [3.63, 3.8) is 0 Å². The summed E-state index contributed by atoms with van der Waals surface area (Å²) in [6.45, 7) is 3.16. The van der Waals surface area contributed by atoms with E-state index in [2.05, 4.69) is 41.0 Å². The summed E-state index contributed by atoms with van der Waals surface area (Å²) in [5.41, 5.74) is 3.25. The molecular weight excluding hydrogens is 395 g/mol. The highest BCUT2D eigenvalue weighted by Gasteiger charge is 2.24. The number of likely N-dealkylation sites (N-methyl/N-ethyl adjacent to an activating group) is 1. The zero-order valence-electron chi connectivity index (χ0n) is 16.1. The van der Waals surface area contributed by atoms with Crippen LogP contribution >= 0.6 is 23.2 Å². The standard InChI is InChI=1S/C21H24Cl2N4O/c1-25(2)13-16-4-3-9-26(16)12-14-5-7-15(8-6-14)27-20-11-18(23)17(22)10-19(20)24-21(27)28/h5-8,10-11,16H,3-4,9,12-13H2,1-2H3,(H,24,28)/t16-/m0/s1. The Balaban J connectivity index is 1.59. The fourth-order valence-corrected chi connectivity index (χ4v) is 4.40. The van der Waals surface area contributed by atoms with Crippen LogP contribution in [0.2, 0.25) is 10.0 Å². The summed E-state index contributed by atoms with van der Waals surface area (Å²) in [6.07, 6.45) is 2.51. The Hall–Kier alpha value is -1.79. The van der Waals surface area contributed by atoms with Crippen molar-refractivity contribution in [2.75, 3.05) is 27.2 Å². The number of aromatic nitrogens is 2. The molecule has 7 heteroatoms. The second-order valence-electron chi connectivity index (χ2n) is 7.74. The quantitative estimate of drug-likeness (QED) is 0.676. The van der Waals surface area contributed by atoms with E-state index in [0.717, 1.165) is 30.8 Å². The molecule has 1 atom stereocenters. The van der Waals surface area contributed by atoms with Crippen LogP contribution in [-0.2, 0) is 6.54 Å². The van der Waals surface area contributed by atoms with Crippen LogP contribution in [0.25, 0.3) is 16.7 Å². The first-order valence-corrected chi connectivity index (χ1v) is 10.3. The molecule has 4 rings (SSSR count). The lowest BCUT2D eigenvalue weighted by Gasteiger charge is -2.27. The van der Waals surface area contributed by atoms with Gasteiger partial charge in [0.15, 0.2) is 0 Å². The van der Waals surface area contributed by atoms with Crippen LogP contribution in [0.1, 0.15) is 18.4 Å². The highest BCUT2D eigenvalue weighted by molar-refractivity contribution is 6.42. The van der Waals surface area contributed by atoms with Gasteiger partial charge in [0, 0.05) is 19.1 Å². The van der Waals surface area contributed by atoms with Crippen LogP contribution in [-0.4, -0.2) is 52.6 Å². The average molecular weight is 419 g/mol. The second-order valence-corrected chi connectivity index (χ2v) is 8.56. The van der Waals surface area contributed by atoms with E-state index < -0.39 is 0 Å². The molecule has 5 nitrogen and oxygen atoms in total. The molecule has 0 aliphatic carbocycles. The van der Waals surface area contributed by atoms with Crippen molar-refractivity contribution in [1.29, 1.82) is 0 Å². The van der Waals surface area contributed by atoms with Gasteiger partial charge in [0.2, 0.25) is 0 Å². The molecule has 2 heterocycles. The van der Waals surface area contributed by atoms with Crippen LogP contribution < -0.4 is 5.69 Å². The van der Waals surface area contributed by atoms with Gasteiger partial charge in [0.1, 0.15) is 0 Å². The number of halogens is 2. The molecule has 0 bridgehead atoms. The van der Waals surface area contributed by atoms with Gasteiger partial charge >= 0.3 is 5.69 Å². The van der Waals surface area contributed by atoms with Gasteiger partial charge in [0.05, 0.1) is 26.8 Å². The van der Waals surface area contributed by atoms with Gasteiger partial charge in [-0.05, 0) is 63.3 Å². The highest BCUT2D eigenvalue weighted by Crippen LogP contribution is 2.28. The molecule has 0 saturated carbocycles. The summed E-state index contributed by atoms with van der Waals surface area (Å²) < 4.78 is 1.63. The Bertz CT molecular complexity index is 1040. The maximum absolute atomic E-state index is 12.5. The minimum atomic E-state index is -0.202. The van der Waals surface area contributed by atoms with Crippen molar-refractivity contribution in [3.8, 4) is 5.69 Å². The third-order valence-electron chi connectivity index (χ3n) is 5.38. The van der Waals surface area contributed by atoms with Gasteiger partial charge in [0.25, 0.3) is 0 Å². The lowest BCUT2D eigenvalue weighted by molar-refractivity contribution is 0.201. The number of nitrogens with one attached hydrogen (secondary N) is 1. The van der Waals surface area contributed by atoms with Crippen molar-refractivity contribution in [2.24, 2.45) is 0 Å². The van der Waals surface area contributed by atoms with E-state index in [1.165, 1.54) is 18.4 Å². The van der Waals surface area contributed by atoms with Crippen molar-refractivity contribution < 1.29 is 0 Å². The first-order chi connectivity index (χ1) is 13.4. The summed E-state index contributed by atoms with van der Waals surface area (Å²) in [5, 5.41) is 0.857. The molecule has 1 N–H and O–H groups in total. The SMILES string of the molecule is CN(C)C[C@@H]1CCCN1Cc1ccc(-n2c(=O)[nH]c3cc(Cl)c(Cl)cc32)cc1. The number of nitrogens with zero attached hydrogens (tertiary/aromatic N) is 3. The first kappa shape index (κ1) is 19.5. The van der Waals surface area contributed by atoms with E-state index in [9.17, 15) is 4.79 Å². The van der Waals surface area contributed by atoms with E-state index in [0.29, 0.717) is 21.6 Å². The van der Waals surface area contributed by atoms with Crippen molar-refractivity contribution in [3.05, 3.63) is 62.5 Å². The summed E-state index contributed by atoms with van der Waals surface area (Å²) in [7, 11) is 4.26. The predicted molar refractivity (Wildman–Crippen MR) is 116 cm³/mol. The molecule has 148 valence electrons. The molecule has 0 amide bonds. The molecule has 2 aromatic carbocycles. The molecule has 0 radical (unpaired) electrons. The molecule has 1 aromatic heterocycles. The van der Waals surface area contributed by atoms with E-state index >= 15 is 0 Å². The van der Waals surface area contributed by atoms with Gasteiger partial charge in [-0.3, -0.25) is 9.47 Å². The lowest BCUT2D eigenvalue weighted by atomic mass is 10.1. The molecule has 1 aliphatic rings. The Labute approximate surface area is 174 Å². The van der Waals surface area contributed by atoms with Crippen molar-refractivity contribution in [1.82, 2.24) is 19.4 Å². The molecule has 1 fully saturated rings. The number of hydrogen-bond acceptors (Lipinski definition) is 3. The van der Waals surface area contributed by atoms with Crippen molar-refractivity contribution in [2.45, 2.75) is 25.4 Å². The number of H-pyrrole nitrogens is 1. The maximum Gasteiger partial charge on any atom is 0.331 e. The van der Waals surface area contributed by atoms with E-state index in [4.69, 9.17) is 23.2 Å². The number of likely N-dealkylation sites (tertiary alicyclic amines) is 1. The monoisotopic (exact) mass is 418 g/mol. The molecule has 1 saturated heterocycles. The summed E-state index contributed by atoms with van der Waals surface area (Å²) in [6, 6.07) is 12.2. The molecule has 0 unspecified atom stereocenters. The van der Waals surface area contributed by atoms with Gasteiger partial charge in [-0.15, -0.1) is 0 Å². The fraction of sp³-hybridized carbons (Fsp3) is 0.381. The predicted octanol–water partition coefficient (Wildman–Crippen LogP) is 4.15. The fourth-order valence-electron chi connectivity index (χ4n) is 4.07.